The molecule has 4 N–H and O–H groups in total. The lowest BCUT2D eigenvalue weighted by molar-refractivity contribution is 0.0559. The van der Waals surface area contributed by atoms with Gasteiger partial charge in [-0.05, 0) is 96.3 Å². The number of fused-ring (bicyclic) bond motifs is 8. The quantitative estimate of drug-likeness (QED) is 0.271. The van der Waals surface area contributed by atoms with Crippen LogP contribution < -0.4 is 31.9 Å². The second-order valence-corrected chi connectivity index (χ2v) is 17.0. The van der Waals surface area contributed by atoms with E-state index in [9.17, 15) is 0 Å². The largest absolute Gasteiger partial charge is 0.290 e. The highest BCUT2D eigenvalue weighted by Crippen LogP contribution is 2.52. The zero-order chi connectivity index (χ0) is 31.0. The molecule has 0 radical (unpaired) electrons. The number of benzene rings is 2. The Morgan fingerprint density at radius 1 is 0.545 bits per heavy atom. The fourth-order valence-corrected chi connectivity index (χ4v) is 10.3. The van der Waals surface area contributed by atoms with Gasteiger partial charge in [0.25, 0.3) is 0 Å². The summed E-state index contributed by atoms with van der Waals surface area (Å²) in [5.74, 6) is 2.48. The molecule has 0 bridgehead atoms. The summed E-state index contributed by atoms with van der Waals surface area (Å²) in [6.07, 6.45) is 10.6. The molecule has 7 rings (SSSR count). The highest BCUT2D eigenvalue weighted by Gasteiger charge is 2.58. The van der Waals surface area contributed by atoms with Gasteiger partial charge in [-0.3, -0.25) is 10.0 Å². The van der Waals surface area contributed by atoms with E-state index in [1.807, 2.05) is 0 Å². The molecule has 3 aliphatic carbocycles. The maximum absolute atomic E-state index is 3.99. The first kappa shape index (κ1) is 30.5. The molecule has 6 nitrogen and oxygen atoms in total. The van der Waals surface area contributed by atoms with E-state index in [1.54, 1.807) is 0 Å². The van der Waals surface area contributed by atoms with Crippen molar-refractivity contribution in [2.24, 2.45) is 23.7 Å². The van der Waals surface area contributed by atoms with Gasteiger partial charge in [-0.2, -0.15) is 11.1 Å². The van der Waals surface area contributed by atoms with Crippen molar-refractivity contribution < 1.29 is 0 Å². The van der Waals surface area contributed by atoms with E-state index in [1.165, 1.54) is 85.0 Å². The zero-order valence-electron chi connectivity index (χ0n) is 28.6. The van der Waals surface area contributed by atoms with Gasteiger partial charge in [0.05, 0.1) is 23.5 Å². The van der Waals surface area contributed by atoms with Crippen molar-refractivity contribution in [3.05, 3.63) is 58.7 Å². The molecule has 5 fully saturated rings. The number of hydrogen-bond acceptors (Lipinski definition) is 6. The van der Waals surface area contributed by atoms with Gasteiger partial charge in [0.2, 0.25) is 0 Å². The van der Waals surface area contributed by atoms with E-state index in [-0.39, 0.29) is 10.8 Å². The van der Waals surface area contributed by atoms with Crippen molar-refractivity contribution in [2.45, 2.75) is 142 Å². The molecule has 2 aliphatic heterocycles. The molecule has 8 atom stereocenters. The van der Waals surface area contributed by atoms with Gasteiger partial charge in [0.15, 0.2) is 0 Å². The van der Waals surface area contributed by atoms with Crippen molar-refractivity contribution in [3.8, 4) is 0 Å². The predicted molar refractivity (Wildman–Crippen MR) is 183 cm³/mol. The fraction of sp³-hybridized carbons (Fsp3) is 0.684. The molecule has 240 valence electrons. The van der Waals surface area contributed by atoms with E-state index >= 15 is 0 Å². The summed E-state index contributed by atoms with van der Waals surface area (Å²) in [5, 5.41) is 5.29. The second-order valence-electron chi connectivity index (χ2n) is 17.0. The van der Waals surface area contributed by atoms with Crippen LogP contribution in [0.1, 0.15) is 115 Å². The van der Waals surface area contributed by atoms with Gasteiger partial charge >= 0.3 is 0 Å². The van der Waals surface area contributed by atoms with Crippen LogP contribution in [0.25, 0.3) is 0 Å². The summed E-state index contributed by atoms with van der Waals surface area (Å²) in [7, 11) is 0. The van der Waals surface area contributed by atoms with Gasteiger partial charge in [0, 0.05) is 12.1 Å². The van der Waals surface area contributed by atoms with E-state index in [0.29, 0.717) is 47.8 Å². The van der Waals surface area contributed by atoms with Crippen LogP contribution in [0.5, 0.6) is 0 Å². The Morgan fingerprint density at radius 2 is 0.909 bits per heavy atom. The van der Waals surface area contributed by atoms with Crippen LogP contribution in [-0.4, -0.2) is 24.2 Å². The van der Waals surface area contributed by atoms with Gasteiger partial charge in [-0.15, -0.1) is 0 Å². The van der Waals surface area contributed by atoms with Crippen LogP contribution in [-0.2, 0) is 10.8 Å². The Morgan fingerprint density at radius 3 is 1.27 bits per heavy atom. The third-order valence-corrected chi connectivity index (χ3v) is 12.2. The lowest BCUT2D eigenvalue weighted by Gasteiger charge is -2.53. The maximum atomic E-state index is 3.99. The molecular formula is C38H58N6. The number of nitrogens with one attached hydrogen (secondary N) is 4. The molecule has 2 aromatic rings. The van der Waals surface area contributed by atoms with Crippen LogP contribution in [0.15, 0.2) is 36.4 Å². The monoisotopic (exact) mass is 598 g/mol. The van der Waals surface area contributed by atoms with Crippen molar-refractivity contribution in [2.75, 3.05) is 10.0 Å². The van der Waals surface area contributed by atoms with Crippen molar-refractivity contribution in [1.29, 1.82) is 0 Å². The molecule has 6 heteroatoms. The minimum atomic E-state index is 0.0669. The van der Waals surface area contributed by atoms with Gasteiger partial charge in [0.1, 0.15) is 0 Å². The molecule has 0 spiro atoms. The predicted octanol–water partition coefficient (Wildman–Crippen LogP) is 7.36. The Bertz CT molecular complexity index is 1250. The number of anilines is 2. The Kier molecular flexibility index (Phi) is 7.83. The van der Waals surface area contributed by atoms with Crippen LogP contribution in [0.4, 0.5) is 11.4 Å². The van der Waals surface area contributed by atoms with Crippen molar-refractivity contribution in [3.63, 3.8) is 0 Å². The summed E-state index contributed by atoms with van der Waals surface area (Å²) in [4.78, 5) is 0. The Hall–Kier alpha value is -2.12. The van der Waals surface area contributed by atoms with Crippen LogP contribution in [0.3, 0.4) is 0 Å². The Labute approximate surface area is 267 Å². The van der Waals surface area contributed by atoms with Gasteiger partial charge < -0.3 is 0 Å². The topological polar surface area (TPSA) is 54.6 Å². The molecule has 8 unspecified atom stereocenters. The number of hydrazine groups is 4. The lowest BCUT2D eigenvalue weighted by atomic mass is 9.59. The summed E-state index contributed by atoms with van der Waals surface area (Å²) in [6.45, 7) is 18.9. The third kappa shape index (κ3) is 4.99. The van der Waals surface area contributed by atoms with Crippen molar-refractivity contribution >= 4 is 11.4 Å². The summed E-state index contributed by atoms with van der Waals surface area (Å²) >= 11 is 0. The third-order valence-electron chi connectivity index (χ3n) is 12.2. The maximum Gasteiger partial charge on any atom is 0.0670 e. The molecular weight excluding hydrogens is 540 g/mol. The first-order valence-corrected chi connectivity index (χ1v) is 17.8. The molecule has 0 aromatic heterocycles. The average Bonchev–Trinajstić information content (AvgIpc) is 3.60. The van der Waals surface area contributed by atoms with Crippen LogP contribution >= 0.6 is 0 Å². The van der Waals surface area contributed by atoms with Gasteiger partial charge in [-0.1, -0.05) is 104 Å². The molecule has 2 aromatic carbocycles. The number of hydrogen-bond donors (Lipinski definition) is 4. The highest BCUT2D eigenvalue weighted by molar-refractivity contribution is 5.64. The fourth-order valence-electron chi connectivity index (χ4n) is 10.3. The molecule has 5 aliphatic rings. The number of para-hydroxylation sites is 2. The standard InChI is InChI=1S/C38H58N6/c1-23-15-13-21-29(37(3,4)5)33(23)43-35-27-19-11-12-20-28(27)36-32(26-18-10-9-17-25(26)31(35)39-41-43)40-42-44(36)34-24(2)16-14-22-30(34)38(6,7)8/h13-16,21-22,25-28,31-32,35-36,39-42H,9-12,17-20H2,1-8H3. The molecule has 2 saturated heterocycles. The summed E-state index contributed by atoms with van der Waals surface area (Å²) in [6, 6.07) is 15.6. The lowest BCUT2D eigenvalue weighted by Crippen LogP contribution is -2.62. The van der Waals surface area contributed by atoms with Gasteiger partial charge in [-0.25, -0.2) is 10.9 Å². The highest BCUT2D eigenvalue weighted by atomic mass is 15.8. The van der Waals surface area contributed by atoms with E-state index in [2.05, 4.69) is 124 Å². The zero-order valence-corrected chi connectivity index (χ0v) is 28.6. The Balaban J connectivity index is 1.38. The SMILES string of the molecule is Cc1cccc(C(C)(C)C)c1N1NNC2C3CCCCC3C3NNN(c4c(C)cccc4C(C)(C)C)C3C3CCCCC3C21. The summed E-state index contributed by atoms with van der Waals surface area (Å²) in [5.41, 5.74) is 24.3. The molecule has 0 amide bonds. The van der Waals surface area contributed by atoms with Crippen LogP contribution in [0.2, 0.25) is 0 Å². The molecule has 3 saturated carbocycles. The van der Waals surface area contributed by atoms with E-state index in [4.69, 9.17) is 0 Å². The molecule has 2 heterocycles. The number of aryl methyl sites for hydroxylation is 2. The van der Waals surface area contributed by atoms with E-state index < -0.39 is 0 Å². The minimum absolute atomic E-state index is 0.0669. The average molecular weight is 599 g/mol. The number of nitrogens with zero attached hydrogens (tertiary/aromatic N) is 2. The first-order valence-electron chi connectivity index (χ1n) is 17.8. The molecule has 44 heavy (non-hydrogen) atoms. The smallest absolute Gasteiger partial charge is 0.0670 e. The van der Waals surface area contributed by atoms with Crippen LogP contribution in [0, 0.1) is 37.5 Å². The van der Waals surface area contributed by atoms with E-state index in [0.717, 1.165) is 0 Å². The van der Waals surface area contributed by atoms with Crippen molar-refractivity contribution in [1.82, 2.24) is 21.9 Å². The second kappa shape index (κ2) is 11.3. The normalized spacial score (nSPS) is 34.1. The number of rotatable bonds is 2. The minimum Gasteiger partial charge on any atom is -0.290 e. The first-order chi connectivity index (χ1) is 21.0. The summed E-state index contributed by atoms with van der Waals surface area (Å²) < 4.78 is 0.